The molecular weight excluding hydrogens is 936 g/mol. The molecule has 70 heavy (non-hydrogen) atoms. The molecule has 0 heterocycles. The first-order valence-electron chi connectivity index (χ1n) is 23.7. The normalized spacial score (nSPS) is 10.8. The summed E-state index contributed by atoms with van der Waals surface area (Å²) in [5, 5.41) is 69.7. The second-order valence-corrected chi connectivity index (χ2v) is 21.3. The average molecular weight is 1020 g/mol. The number of hydrogen-bond acceptors (Lipinski definition) is 6. The molecule has 6 nitrogen and oxygen atoms in total. The Kier molecular flexibility index (Phi) is 30.4. The van der Waals surface area contributed by atoms with Crippen molar-refractivity contribution in [3.05, 3.63) is 188 Å². The van der Waals surface area contributed by atoms with Gasteiger partial charge in [-0.2, -0.15) is 72.8 Å². The molecule has 0 amide bonds. The molecule has 0 saturated heterocycles. The minimum atomic E-state index is -0.207. The second-order valence-electron chi connectivity index (χ2n) is 21.3. The molecule has 0 aromatic heterocycles. The maximum Gasteiger partial charge on any atom is 4.00 e. The van der Waals surface area contributed by atoms with E-state index in [0.717, 1.165) is 44.5 Å². The summed E-state index contributed by atoms with van der Waals surface area (Å²) in [5.41, 5.74) is 9.57. The number of rotatable bonds is 4. The third kappa shape index (κ3) is 23.4. The Labute approximate surface area is 454 Å². The molecule has 0 radical (unpaired) electrons. The van der Waals surface area contributed by atoms with Gasteiger partial charge >= 0.3 is 43.4 Å². The van der Waals surface area contributed by atoms with Crippen molar-refractivity contribution in [3.63, 3.8) is 0 Å². The molecule has 6 aromatic carbocycles. The zero-order chi connectivity index (χ0) is 52.2. The van der Waals surface area contributed by atoms with Gasteiger partial charge in [-0.25, -0.2) is 0 Å². The van der Waals surface area contributed by atoms with Crippen molar-refractivity contribution in [1.82, 2.24) is 0 Å². The fourth-order valence-corrected chi connectivity index (χ4v) is 7.24. The van der Waals surface area contributed by atoms with Gasteiger partial charge in [0, 0.05) is 0 Å². The third-order valence-electron chi connectivity index (χ3n) is 10.4. The van der Waals surface area contributed by atoms with Crippen LogP contribution in [0.25, 0.3) is 0 Å². The Balaban J connectivity index is 0. The number of aryl methyl sites for hydroxylation is 4. The summed E-state index contributed by atoms with van der Waals surface area (Å²) in [6.45, 7) is 35.8. The zero-order valence-corrected chi connectivity index (χ0v) is 48.8. The van der Waals surface area contributed by atoms with Gasteiger partial charge in [-0.15, -0.1) is 36.2 Å². The molecule has 8 heteroatoms. The van der Waals surface area contributed by atoms with Gasteiger partial charge in [-0.1, -0.05) is 190 Å². The molecule has 0 atom stereocenters. The summed E-state index contributed by atoms with van der Waals surface area (Å²) in [7, 11) is 0. The fraction of sp³-hybridized carbons (Fsp3) is 0.419. The maximum atomic E-state index is 12.9. The van der Waals surface area contributed by atoms with Crippen molar-refractivity contribution >= 4 is 0 Å². The van der Waals surface area contributed by atoms with E-state index in [0.29, 0.717) is 35.1 Å². The molecule has 6 rings (SSSR count). The Hall–Kier alpha value is -4.13. The van der Waals surface area contributed by atoms with Crippen molar-refractivity contribution in [3.8, 4) is 23.0 Å². The molecule has 0 fully saturated rings. The Bertz CT molecular complexity index is 2040. The van der Waals surface area contributed by atoms with Crippen LogP contribution in [0.5, 0.6) is 23.0 Å². The predicted octanol–water partition coefficient (Wildman–Crippen LogP) is 11.0. The van der Waals surface area contributed by atoms with Gasteiger partial charge in [-0.3, -0.25) is 0 Å². The van der Waals surface area contributed by atoms with E-state index >= 15 is 0 Å². The quantitative estimate of drug-likeness (QED) is 0.127. The van der Waals surface area contributed by atoms with Gasteiger partial charge in [0.1, 0.15) is 0 Å². The number of benzene rings is 6. The van der Waals surface area contributed by atoms with E-state index < -0.39 is 0 Å². The van der Waals surface area contributed by atoms with Gasteiger partial charge in [0.15, 0.2) is 0 Å². The first-order chi connectivity index (χ1) is 31.4. The van der Waals surface area contributed by atoms with Crippen LogP contribution in [0.1, 0.15) is 164 Å². The van der Waals surface area contributed by atoms with Crippen LogP contribution in [0, 0.1) is 39.8 Å². The van der Waals surface area contributed by atoms with E-state index in [9.17, 15) is 20.4 Å². The molecule has 6 aromatic rings. The minimum Gasteiger partial charge on any atom is -0.872 e. The molecule has 372 valence electrons. The first-order valence-corrected chi connectivity index (χ1v) is 23.7. The fourth-order valence-electron chi connectivity index (χ4n) is 7.24. The monoisotopic (exact) mass is 1020 g/mol. The van der Waals surface area contributed by atoms with Crippen LogP contribution >= 0.6 is 0 Å². The molecule has 0 N–H and O–H groups in total. The van der Waals surface area contributed by atoms with Crippen LogP contribution in [0.3, 0.4) is 0 Å². The van der Waals surface area contributed by atoms with E-state index in [4.69, 9.17) is 10.2 Å². The predicted molar refractivity (Wildman–Crippen MR) is 275 cm³/mol. The third-order valence-corrected chi connectivity index (χ3v) is 10.4. The van der Waals surface area contributed by atoms with Crippen LogP contribution < -0.4 is 30.6 Å². The topological polar surface area (TPSA) is 138 Å². The standard InChI is InChI=1S/2C23H32O2.2C6H5.2C2H5O.2Ti/c2*1-14-9-16(20(24)18(11-14)22(3,4)5)13-17-10-15(2)12-19(21(17)25)23(6,7)8;2*1-2-4-6-5-3-1;2*1-2-3;;/h2*9-12,24-25H,13H2,1-8H3;2*1-5H;2*2H2,1H3;;/q;;4*-1;2*+4/p-4. The number of hydrogen-bond donors (Lipinski definition) is 0. The average Bonchev–Trinajstić information content (AvgIpc) is 3.23. The van der Waals surface area contributed by atoms with Crippen LogP contribution in [0.4, 0.5) is 0 Å². The van der Waals surface area contributed by atoms with E-state index in [-0.39, 0.29) is 101 Å². The summed E-state index contributed by atoms with van der Waals surface area (Å²) in [4.78, 5) is 0. The van der Waals surface area contributed by atoms with Crippen molar-refractivity contribution in [2.24, 2.45) is 0 Å². The summed E-state index contributed by atoms with van der Waals surface area (Å²) >= 11 is 0. The summed E-state index contributed by atoms with van der Waals surface area (Å²) in [6.07, 6.45) is 0.792. The van der Waals surface area contributed by atoms with Crippen molar-refractivity contribution in [2.75, 3.05) is 13.2 Å². The van der Waals surface area contributed by atoms with Gasteiger partial charge in [-0.05, 0) is 84.5 Å². The Morgan fingerprint density at radius 2 is 0.514 bits per heavy atom. The maximum absolute atomic E-state index is 12.9. The van der Waals surface area contributed by atoms with E-state index in [1.807, 2.05) is 137 Å². The summed E-state index contributed by atoms with van der Waals surface area (Å²) in [5.74, 6) is 0.264. The van der Waals surface area contributed by atoms with Crippen LogP contribution in [0.15, 0.2) is 109 Å². The zero-order valence-electron chi connectivity index (χ0n) is 45.7. The van der Waals surface area contributed by atoms with E-state index in [1.54, 1.807) is 13.8 Å². The molecular formula is C62H80O6Ti2. The van der Waals surface area contributed by atoms with Gasteiger partial charge in [0.2, 0.25) is 0 Å². The molecule has 0 aliphatic heterocycles. The molecule has 0 saturated carbocycles. The van der Waals surface area contributed by atoms with Gasteiger partial charge in [0.25, 0.3) is 0 Å². The molecule has 0 aliphatic rings. The summed E-state index contributed by atoms with van der Waals surface area (Å²) < 4.78 is 0. The molecule has 0 bridgehead atoms. The summed E-state index contributed by atoms with van der Waals surface area (Å²) in [6, 6.07) is 40.6. The largest absolute Gasteiger partial charge is 4.00 e. The second kappa shape index (κ2) is 31.4. The van der Waals surface area contributed by atoms with Gasteiger partial charge < -0.3 is 30.6 Å². The van der Waals surface area contributed by atoms with Crippen molar-refractivity contribution in [1.29, 1.82) is 0 Å². The molecule has 0 unspecified atom stereocenters. The SMILES string of the molecule is CC[O-].CC[O-].Cc1cc(Cc2cc(C)cc(C(C)(C)C)c2[O-])c([O-])c(C(C)(C)C)c1.Cc1cc(Cc2cc(C)cc(C(C)(C)C)c2[O-])c([O-])c(C(C)(C)C)c1.[Ti+4].[Ti+4].[c-]1ccccc1.[c-]1ccccc1. The smallest absolute Gasteiger partial charge is 0.872 e. The van der Waals surface area contributed by atoms with Crippen LogP contribution in [-0.4, -0.2) is 13.2 Å². The Morgan fingerprint density at radius 3 is 0.629 bits per heavy atom. The molecule has 0 aliphatic carbocycles. The van der Waals surface area contributed by atoms with E-state index in [2.05, 4.69) is 95.2 Å². The van der Waals surface area contributed by atoms with Crippen molar-refractivity contribution in [2.45, 2.75) is 159 Å². The molecule has 0 spiro atoms. The van der Waals surface area contributed by atoms with E-state index in [1.165, 1.54) is 0 Å². The van der Waals surface area contributed by atoms with Crippen LogP contribution in [0.2, 0.25) is 0 Å². The van der Waals surface area contributed by atoms with Gasteiger partial charge in [0.05, 0.1) is 0 Å². The minimum absolute atomic E-state index is 0. The van der Waals surface area contributed by atoms with Crippen LogP contribution in [-0.2, 0) is 77.9 Å². The Morgan fingerprint density at radius 1 is 0.343 bits per heavy atom. The first kappa shape index (κ1) is 67.9. The van der Waals surface area contributed by atoms with Crippen molar-refractivity contribution < 1.29 is 74.1 Å².